The lowest BCUT2D eigenvalue weighted by Crippen LogP contribution is -2.17. The van der Waals surface area contributed by atoms with E-state index in [-0.39, 0.29) is 17.2 Å². The zero-order valence-corrected chi connectivity index (χ0v) is 14.6. The van der Waals surface area contributed by atoms with Gasteiger partial charge in [-0.15, -0.1) is 0 Å². The molecule has 3 heterocycles. The van der Waals surface area contributed by atoms with Gasteiger partial charge in [-0.2, -0.15) is 13.2 Å². The molecule has 0 saturated heterocycles. The molecular formula is C19H14F3N5O. The zero-order valence-electron chi connectivity index (χ0n) is 14.6. The number of pyridine rings is 1. The predicted molar refractivity (Wildman–Crippen MR) is 97.7 cm³/mol. The number of carbonyl (C=O) groups is 1. The van der Waals surface area contributed by atoms with Crippen LogP contribution in [0.5, 0.6) is 0 Å². The fourth-order valence-electron chi connectivity index (χ4n) is 2.94. The van der Waals surface area contributed by atoms with E-state index in [0.29, 0.717) is 16.7 Å². The van der Waals surface area contributed by atoms with E-state index in [1.807, 2.05) is 0 Å². The zero-order chi connectivity index (χ0) is 19.9. The van der Waals surface area contributed by atoms with E-state index in [9.17, 15) is 18.0 Å². The molecule has 9 heteroatoms. The quantitative estimate of drug-likeness (QED) is 0.554. The number of alkyl halides is 3. The number of rotatable bonds is 3. The van der Waals surface area contributed by atoms with Crippen LogP contribution < -0.4 is 5.32 Å². The monoisotopic (exact) mass is 385 g/mol. The molecule has 1 amide bonds. The van der Waals surface area contributed by atoms with Crippen LogP contribution in [0.15, 0.2) is 54.9 Å². The highest BCUT2D eigenvalue weighted by molar-refractivity contribution is 6.01. The third kappa shape index (κ3) is 3.22. The molecule has 0 fully saturated rings. The lowest BCUT2D eigenvalue weighted by atomic mass is 10.0. The minimum Gasteiger partial charge on any atom is -0.339 e. The summed E-state index contributed by atoms with van der Waals surface area (Å²) < 4.78 is 41.4. The van der Waals surface area contributed by atoms with E-state index in [0.717, 1.165) is 6.07 Å². The van der Waals surface area contributed by atoms with Crippen molar-refractivity contribution in [2.75, 3.05) is 5.32 Å². The number of anilines is 1. The molecule has 0 radical (unpaired) electrons. The smallest absolute Gasteiger partial charge is 0.339 e. The first-order chi connectivity index (χ1) is 13.3. The van der Waals surface area contributed by atoms with E-state index in [1.165, 1.54) is 18.3 Å². The van der Waals surface area contributed by atoms with Gasteiger partial charge in [0.1, 0.15) is 11.5 Å². The van der Waals surface area contributed by atoms with Gasteiger partial charge in [-0.05, 0) is 24.3 Å². The van der Waals surface area contributed by atoms with Crippen molar-refractivity contribution in [2.24, 2.45) is 7.05 Å². The summed E-state index contributed by atoms with van der Waals surface area (Å²) >= 11 is 0. The fourth-order valence-corrected chi connectivity index (χ4v) is 2.94. The molecule has 0 aliphatic heterocycles. The average Bonchev–Trinajstić information content (AvgIpc) is 3.26. The molecule has 28 heavy (non-hydrogen) atoms. The molecule has 0 aliphatic carbocycles. The summed E-state index contributed by atoms with van der Waals surface area (Å²) in [6.07, 6.45) is -1.33. The SMILES string of the molecule is Cn1ccnc1C(=O)Nc1ccc2cc(-c3ccccc3C(F)(F)F)[nH]c2n1. The van der Waals surface area contributed by atoms with Crippen molar-refractivity contribution >= 4 is 22.8 Å². The number of halogens is 3. The van der Waals surface area contributed by atoms with Gasteiger partial charge in [0.05, 0.1) is 5.56 Å². The van der Waals surface area contributed by atoms with Crippen molar-refractivity contribution in [1.82, 2.24) is 19.5 Å². The van der Waals surface area contributed by atoms with Gasteiger partial charge < -0.3 is 14.9 Å². The molecule has 2 N–H and O–H groups in total. The number of aromatic amines is 1. The van der Waals surface area contributed by atoms with Crippen LogP contribution in [0.4, 0.5) is 19.0 Å². The first-order valence-corrected chi connectivity index (χ1v) is 8.28. The second-order valence-corrected chi connectivity index (χ2v) is 6.18. The van der Waals surface area contributed by atoms with Crippen molar-refractivity contribution < 1.29 is 18.0 Å². The molecule has 0 unspecified atom stereocenters. The molecule has 0 bridgehead atoms. The summed E-state index contributed by atoms with van der Waals surface area (Å²) in [6.45, 7) is 0. The lowest BCUT2D eigenvalue weighted by molar-refractivity contribution is -0.137. The van der Waals surface area contributed by atoms with Crippen molar-refractivity contribution in [1.29, 1.82) is 0 Å². The maximum absolute atomic E-state index is 13.3. The van der Waals surface area contributed by atoms with E-state index in [4.69, 9.17) is 0 Å². The number of H-pyrrole nitrogens is 1. The summed E-state index contributed by atoms with van der Waals surface area (Å²) in [5.41, 5.74) is -0.0379. The van der Waals surface area contributed by atoms with Crippen molar-refractivity contribution in [2.45, 2.75) is 6.18 Å². The fraction of sp³-hybridized carbons (Fsp3) is 0.105. The molecule has 6 nitrogen and oxygen atoms in total. The minimum absolute atomic E-state index is 0.0339. The Morgan fingerprint density at radius 3 is 2.68 bits per heavy atom. The second kappa shape index (κ2) is 6.52. The topological polar surface area (TPSA) is 75.6 Å². The van der Waals surface area contributed by atoms with Crippen LogP contribution in [0.25, 0.3) is 22.3 Å². The second-order valence-electron chi connectivity index (χ2n) is 6.18. The molecule has 3 aromatic heterocycles. The van der Waals surface area contributed by atoms with E-state index >= 15 is 0 Å². The number of hydrogen-bond acceptors (Lipinski definition) is 3. The highest BCUT2D eigenvalue weighted by Crippen LogP contribution is 2.37. The number of nitrogens with zero attached hydrogens (tertiary/aromatic N) is 3. The number of benzene rings is 1. The van der Waals surface area contributed by atoms with Crippen molar-refractivity contribution in [3.63, 3.8) is 0 Å². The standard InChI is InChI=1S/C19H14F3N5O/c1-27-9-8-23-17(27)18(28)26-15-7-6-11-10-14(24-16(11)25-15)12-4-2-3-5-13(12)19(20,21)22/h2-10H,1H3,(H2,24,25,26,28). The lowest BCUT2D eigenvalue weighted by Gasteiger charge is -2.11. The van der Waals surface area contributed by atoms with Gasteiger partial charge in [0.2, 0.25) is 0 Å². The van der Waals surface area contributed by atoms with Gasteiger partial charge in [0, 0.05) is 36.1 Å². The summed E-state index contributed by atoms with van der Waals surface area (Å²) in [5.74, 6) is 0.0414. The van der Waals surface area contributed by atoms with Crippen molar-refractivity contribution in [3.8, 4) is 11.3 Å². The highest BCUT2D eigenvalue weighted by atomic mass is 19.4. The number of amides is 1. The van der Waals surface area contributed by atoms with Crippen LogP contribution in [0.1, 0.15) is 16.2 Å². The predicted octanol–water partition coefficient (Wildman–Crippen LogP) is 4.23. The maximum atomic E-state index is 13.3. The Balaban J connectivity index is 1.68. The average molecular weight is 385 g/mol. The third-order valence-corrected chi connectivity index (χ3v) is 4.27. The number of imidazole rings is 1. The number of aromatic nitrogens is 4. The Hall–Kier alpha value is -3.62. The number of aryl methyl sites for hydroxylation is 1. The largest absolute Gasteiger partial charge is 0.417 e. The van der Waals surface area contributed by atoms with E-state index in [1.54, 1.807) is 42.1 Å². The molecule has 4 rings (SSSR count). The molecule has 142 valence electrons. The van der Waals surface area contributed by atoms with Crippen LogP contribution in [0.2, 0.25) is 0 Å². The minimum atomic E-state index is -4.47. The molecule has 0 saturated carbocycles. The van der Waals surface area contributed by atoms with Crippen LogP contribution >= 0.6 is 0 Å². The summed E-state index contributed by atoms with van der Waals surface area (Å²) in [5, 5.41) is 3.26. The highest BCUT2D eigenvalue weighted by Gasteiger charge is 2.33. The van der Waals surface area contributed by atoms with Crippen LogP contribution in [0, 0.1) is 0 Å². The van der Waals surface area contributed by atoms with Gasteiger partial charge in [-0.25, -0.2) is 9.97 Å². The Morgan fingerprint density at radius 2 is 1.96 bits per heavy atom. The van der Waals surface area contributed by atoms with Crippen molar-refractivity contribution in [3.05, 3.63) is 66.2 Å². The number of nitrogens with one attached hydrogen (secondary N) is 2. The van der Waals surface area contributed by atoms with Gasteiger partial charge in [-0.1, -0.05) is 18.2 Å². The summed E-state index contributed by atoms with van der Waals surface area (Å²) in [4.78, 5) is 23.4. The first-order valence-electron chi connectivity index (χ1n) is 8.28. The molecule has 0 aliphatic rings. The Kier molecular flexibility index (Phi) is 4.14. The molecule has 0 spiro atoms. The number of hydrogen-bond donors (Lipinski definition) is 2. The summed E-state index contributed by atoms with van der Waals surface area (Å²) in [7, 11) is 1.69. The molecular weight excluding hydrogens is 371 g/mol. The van der Waals surface area contributed by atoms with Crippen LogP contribution in [-0.2, 0) is 13.2 Å². The van der Waals surface area contributed by atoms with E-state index < -0.39 is 17.6 Å². The van der Waals surface area contributed by atoms with E-state index in [2.05, 4.69) is 20.3 Å². The Morgan fingerprint density at radius 1 is 1.18 bits per heavy atom. The molecule has 4 aromatic rings. The third-order valence-electron chi connectivity index (χ3n) is 4.27. The van der Waals surface area contributed by atoms with Crippen LogP contribution in [-0.4, -0.2) is 25.4 Å². The number of carbonyl (C=O) groups excluding carboxylic acids is 1. The van der Waals surface area contributed by atoms with Crippen LogP contribution in [0.3, 0.4) is 0 Å². The van der Waals surface area contributed by atoms with Gasteiger partial charge in [-0.3, -0.25) is 4.79 Å². The normalized spacial score (nSPS) is 11.7. The molecule has 1 aromatic carbocycles. The van der Waals surface area contributed by atoms with Gasteiger partial charge >= 0.3 is 6.18 Å². The molecule has 0 atom stereocenters. The summed E-state index contributed by atoms with van der Waals surface area (Å²) in [6, 6.07) is 10.2. The maximum Gasteiger partial charge on any atom is 0.417 e. The number of fused-ring (bicyclic) bond motifs is 1. The Bertz CT molecular complexity index is 1180. The van der Waals surface area contributed by atoms with Gasteiger partial charge in [0.15, 0.2) is 5.82 Å². The Labute approximate surface area is 157 Å². The van der Waals surface area contributed by atoms with Gasteiger partial charge in [0.25, 0.3) is 5.91 Å². The first kappa shape index (κ1) is 17.8.